The number of nitriles is 1. The first-order valence-electron chi connectivity index (χ1n) is 10.9. The monoisotopic (exact) mass is 401 g/mol. The zero-order chi connectivity index (χ0) is 21.5. The summed E-state index contributed by atoms with van der Waals surface area (Å²) in [6, 6.07) is 14.8. The normalized spacial score (nSPS) is 14.4. The molecule has 1 amide bonds. The van der Waals surface area contributed by atoms with Gasteiger partial charge in [-0.1, -0.05) is 50.2 Å². The minimum atomic E-state index is -0.380. The van der Waals surface area contributed by atoms with Crippen molar-refractivity contribution >= 4 is 11.6 Å². The van der Waals surface area contributed by atoms with E-state index in [1.807, 2.05) is 31.2 Å². The van der Waals surface area contributed by atoms with Crippen molar-refractivity contribution in [2.24, 2.45) is 0 Å². The van der Waals surface area contributed by atoms with Crippen LogP contribution in [-0.2, 0) is 24.1 Å². The van der Waals surface area contributed by atoms with Crippen molar-refractivity contribution in [3.05, 3.63) is 76.0 Å². The number of anilines is 1. The predicted molar refractivity (Wildman–Crippen MR) is 122 cm³/mol. The molecule has 3 rings (SSSR count). The van der Waals surface area contributed by atoms with Gasteiger partial charge in [-0.25, -0.2) is 0 Å². The minimum Gasteiger partial charge on any atom is -0.383 e. The van der Waals surface area contributed by atoms with Crippen molar-refractivity contribution < 1.29 is 4.79 Å². The first-order valence-corrected chi connectivity index (χ1v) is 10.9. The second kappa shape index (κ2) is 10.1. The van der Waals surface area contributed by atoms with Gasteiger partial charge in [0.2, 0.25) is 0 Å². The molecule has 0 spiro atoms. The third-order valence-electron chi connectivity index (χ3n) is 5.96. The van der Waals surface area contributed by atoms with Crippen molar-refractivity contribution in [2.75, 3.05) is 5.32 Å². The van der Waals surface area contributed by atoms with Crippen LogP contribution in [0.3, 0.4) is 0 Å². The summed E-state index contributed by atoms with van der Waals surface area (Å²) in [6.07, 6.45) is 8.07. The SMILES string of the molecule is CCc1cccc(C)c1NC(=O)/C(C#N)=C\NC(CC)c1ccc2c(c1)CCCC2. The third kappa shape index (κ3) is 4.91. The summed E-state index contributed by atoms with van der Waals surface area (Å²) in [7, 11) is 0. The Hall–Kier alpha value is -3.06. The zero-order valence-corrected chi connectivity index (χ0v) is 18.2. The Kier molecular flexibility index (Phi) is 7.30. The number of nitrogens with one attached hydrogen (secondary N) is 2. The lowest BCUT2D eigenvalue weighted by atomic mass is 9.89. The number of rotatable bonds is 7. The Labute approximate surface area is 180 Å². The highest BCUT2D eigenvalue weighted by Crippen LogP contribution is 2.26. The number of para-hydroxylation sites is 1. The number of hydrogen-bond donors (Lipinski definition) is 2. The quantitative estimate of drug-likeness (QED) is 0.474. The Bertz CT molecular complexity index is 984. The summed E-state index contributed by atoms with van der Waals surface area (Å²) in [5, 5.41) is 15.8. The lowest BCUT2D eigenvalue weighted by Crippen LogP contribution is -2.21. The van der Waals surface area contributed by atoms with Crippen LogP contribution in [0.1, 0.15) is 67.0 Å². The molecular weight excluding hydrogens is 370 g/mol. The standard InChI is InChI=1S/C26H31N3O/c1-4-19-12-8-9-18(3)25(19)29-26(30)23(16-27)17-28-24(5-2)22-14-13-20-10-6-7-11-21(20)15-22/h8-9,12-15,17,24,28H,4-7,10-11H2,1-3H3,(H,29,30)/b23-17-. The number of aryl methyl sites for hydroxylation is 4. The van der Waals surface area contributed by atoms with E-state index >= 15 is 0 Å². The van der Waals surface area contributed by atoms with Crippen LogP contribution >= 0.6 is 0 Å². The van der Waals surface area contributed by atoms with E-state index in [2.05, 4.69) is 42.7 Å². The molecule has 1 atom stereocenters. The molecule has 30 heavy (non-hydrogen) atoms. The fourth-order valence-electron chi connectivity index (χ4n) is 4.14. The maximum Gasteiger partial charge on any atom is 0.267 e. The zero-order valence-electron chi connectivity index (χ0n) is 18.2. The molecule has 4 heteroatoms. The number of fused-ring (bicyclic) bond motifs is 1. The smallest absolute Gasteiger partial charge is 0.267 e. The van der Waals surface area contributed by atoms with Gasteiger partial charge in [0.1, 0.15) is 11.6 Å². The molecule has 1 unspecified atom stereocenters. The summed E-state index contributed by atoms with van der Waals surface area (Å²) in [6.45, 7) is 6.13. The van der Waals surface area contributed by atoms with E-state index in [0.717, 1.165) is 42.5 Å². The second-order valence-electron chi connectivity index (χ2n) is 7.95. The van der Waals surface area contributed by atoms with Gasteiger partial charge in [-0.15, -0.1) is 0 Å². The fourth-order valence-corrected chi connectivity index (χ4v) is 4.14. The van der Waals surface area contributed by atoms with E-state index in [1.54, 1.807) is 6.20 Å². The number of hydrogen-bond acceptors (Lipinski definition) is 3. The fraction of sp³-hybridized carbons (Fsp3) is 0.385. The van der Waals surface area contributed by atoms with E-state index < -0.39 is 0 Å². The van der Waals surface area contributed by atoms with Gasteiger partial charge < -0.3 is 10.6 Å². The molecule has 0 radical (unpaired) electrons. The van der Waals surface area contributed by atoms with Crippen LogP contribution in [0.15, 0.2) is 48.2 Å². The number of benzene rings is 2. The minimum absolute atomic E-state index is 0.0676. The highest BCUT2D eigenvalue weighted by molar-refractivity contribution is 6.07. The maximum absolute atomic E-state index is 12.8. The molecule has 0 heterocycles. The van der Waals surface area contributed by atoms with E-state index in [0.29, 0.717) is 0 Å². The topological polar surface area (TPSA) is 64.9 Å². The molecule has 0 fully saturated rings. The van der Waals surface area contributed by atoms with Crippen LogP contribution in [-0.4, -0.2) is 5.91 Å². The van der Waals surface area contributed by atoms with Crippen molar-refractivity contribution in [1.29, 1.82) is 5.26 Å². The molecule has 156 valence electrons. The molecule has 0 saturated carbocycles. The van der Waals surface area contributed by atoms with Crippen molar-refractivity contribution in [2.45, 2.75) is 65.3 Å². The molecule has 0 bridgehead atoms. The Morgan fingerprint density at radius 1 is 1.17 bits per heavy atom. The van der Waals surface area contributed by atoms with Gasteiger partial charge in [-0.2, -0.15) is 5.26 Å². The Balaban J connectivity index is 1.75. The molecule has 1 aliphatic rings. The lowest BCUT2D eigenvalue weighted by Gasteiger charge is -2.21. The van der Waals surface area contributed by atoms with Gasteiger partial charge in [0.15, 0.2) is 0 Å². The number of nitrogens with zero attached hydrogens (tertiary/aromatic N) is 1. The Morgan fingerprint density at radius 2 is 1.93 bits per heavy atom. The molecule has 2 N–H and O–H groups in total. The van der Waals surface area contributed by atoms with Gasteiger partial charge in [0, 0.05) is 11.9 Å². The first-order chi connectivity index (χ1) is 14.6. The highest BCUT2D eigenvalue weighted by Gasteiger charge is 2.16. The van der Waals surface area contributed by atoms with Crippen LogP contribution in [0.5, 0.6) is 0 Å². The van der Waals surface area contributed by atoms with Crippen molar-refractivity contribution in [3.63, 3.8) is 0 Å². The van der Waals surface area contributed by atoms with Crippen molar-refractivity contribution in [3.8, 4) is 6.07 Å². The van der Waals surface area contributed by atoms with Gasteiger partial charge in [0.25, 0.3) is 5.91 Å². The lowest BCUT2D eigenvalue weighted by molar-refractivity contribution is -0.112. The Morgan fingerprint density at radius 3 is 2.63 bits per heavy atom. The average Bonchev–Trinajstić information content (AvgIpc) is 2.77. The molecule has 0 saturated heterocycles. The van der Waals surface area contributed by atoms with Crippen LogP contribution < -0.4 is 10.6 Å². The second-order valence-corrected chi connectivity index (χ2v) is 7.95. The number of carbonyl (C=O) groups excluding carboxylic acids is 1. The summed E-state index contributed by atoms with van der Waals surface area (Å²) in [5.41, 5.74) is 7.04. The summed E-state index contributed by atoms with van der Waals surface area (Å²) < 4.78 is 0. The first kappa shape index (κ1) is 21.6. The van der Waals surface area contributed by atoms with E-state index in [9.17, 15) is 10.1 Å². The molecular formula is C26H31N3O. The van der Waals surface area contributed by atoms with Gasteiger partial charge in [-0.3, -0.25) is 4.79 Å². The molecule has 4 nitrogen and oxygen atoms in total. The molecule has 0 aliphatic heterocycles. The van der Waals surface area contributed by atoms with E-state index in [4.69, 9.17) is 0 Å². The molecule has 2 aromatic rings. The maximum atomic E-state index is 12.8. The number of carbonyl (C=O) groups is 1. The average molecular weight is 402 g/mol. The highest BCUT2D eigenvalue weighted by atomic mass is 16.1. The number of amides is 1. The van der Waals surface area contributed by atoms with Crippen LogP contribution in [0.25, 0.3) is 0 Å². The summed E-state index contributed by atoms with van der Waals surface area (Å²) in [4.78, 5) is 12.8. The van der Waals surface area contributed by atoms with E-state index in [1.165, 1.54) is 29.5 Å². The van der Waals surface area contributed by atoms with Gasteiger partial charge in [0.05, 0.1) is 6.04 Å². The molecule has 2 aromatic carbocycles. The largest absolute Gasteiger partial charge is 0.383 e. The predicted octanol–water partition coefficient (Wildman–Crippen LogP) is 5.52. The van der Waals surface area contributed by atoms with Crippen LogP contribution in [0.4, 0.5) is 5.69 Å². The van der Waals surface area contributed by atoms with Crippen molar-refractivity contribution in [1.82, 2.24) is 5.32 Å². The van der Waals surface area contributed by atoms with Crippen LogP contribution in [0.2, 0.25) is 0 Å². The van der Waals surface area contributed by atoms with Crippen LogP contribution in [0, 0.1) is 18.3 Å². The molecule has 1 aliphatic carbocycles. The summed E-state index contributed by atoms with van der Waals surface area (Å²) >= 11 is 0. The van der Waals surface area contributed by atoms with Gasteiger partial charge in [-0.05, 0) is 73.3 Å². The van der Waals surface area contributed by atoms with Gasteiger partial charge >= 0.3 is 0 Å². The van der Waals surface area contributed by atoms with E-state index in [-0.39, 0.29) is 17.5 Å². The molecule has 0 aromatic heterocycles. The third-order valence-corrected chi connectivity index (χ3v) is 5.96. The summed E-state index contributed by atoms with van der Waals surface area (Å²) in [5.74, 6) is -0.380.